The molecule has 0 saturated heterocycles. The average molecular weight is 282 g/mol. The maximum absolute atomic E-state index is 12.2. The van der Waals surface area contributed by atoms with Gasteiger partial charge in [-0.15, -0.1) is 5.73 Å². The van der Waals surface area contributed by atoms with E-state index in [2.05, 4.69) is 24.2 Å². The monoisotopic (exact) mass is 282 g/mol. The van der Waals surface area contributed by atoms with E-state index in [1.54, 1.807) is 18.2 Å². The minimum absolute atomic E-state index is 0.164. The first-order valence-corrected chi connectivity index (χ1v) is 7.07. The third kappa shape index (κ3) is 4.38. The summed E-state index contributed by atoms with van der Waals surface area (Å²) in [5.74, 6) is 5.44. The van der Waals surface area contributed by atoms with Gasteiger partial charge in [0.15, 0.2) is 0 Å². The highest BCUT2D eigenvalue weighted by Crippen LogP contribution is 2.35. The minimum atomic E-state index is -0.277. The number of rotatable bonds is 3. The van der Waals surface area contributed by atoms with Crippen LogP contribution in [0.5, 0.6) is 5.75 Å². The van der Waals surface area contributed by atoms with Crippen molar-refractivity contribution < 1.29 is 9.90 Å². The topological polar surface area (TPSA) is 37.3 Å². The molecule has 21 heavy (non-hydrogen) atoms. The second-order valence-electron chi connectivity index (χ2n) is 5.94. The number of ketones is 1. The van der Waals surface area contributed by atoms with Gasteiger partial charge in [0.05, 0.1) is 0 Å². The second kappa shape index (κ2) is 6.97. The molecule has 0 aliphatic rings. The summed E-state index contributed by atoms with van der Waals surface area (Å²) in [4.78, 5) is 12.2. The molecule has 0 saturated carbocycles. The Morgan fingerprint density at radius 1 is 1.38 bits per heavy atom. The number of phenols is 1. The van der Waals surface area contributed by atoms with E-state index in [-0.39, 0.29) is 16.9 Å². The summed E-state index contributed by atoms with van der Waals surface area (Å²) in [6.07, 6.45) is 3.20. The first-order valence-electron chi connectivity index (χ1n) is 7.07. The summed E-state index contributed by atoms with van der Waals surface area (Å²) in [6.45, 7) is 11.5. The molecule has 1 rings (SSSR count). The van der Waals surface area contributed by atoms with Crippen LogP contribution in [-0.2, 0) is 5.41 Å². The zero-order chi connectivity index (χ0) is 16.0. The zero-order valence-corrected chi connectivity index (χ0v) is 13.2. The predicted octanol–water partition coefficient (Wildman–Crippen LogP) is 4.47. The van der Waals surface area contributed by atoms with Gasteiger partial charge in [-0.3, -0.25) is 4.79 Å². The van der Waals surface area contributed by atoms with Crippen molar-refractivity contribution >= 4 is 11.9 Å². The van der Waals surface area contributed by atoms with Crippen molar-refractivity contribution in [1.82, 2.24) is 0 Å². The fourth-order valence-corrected chi connectivity index (χ4v) is 1.92. The van der Waals surface area contributed by atoms with Gasteiger partial charge in [-0.25, -0.2) is 0 Å². The summed E-state index contributed by atoms with van der Waals surface area (Å²) in [6, 6.07) is 3.35. The Balaban J connectivity index is 3.42. The van der Waals surface area contributed by atoms with Gasteiger partial charge in [0.25, 0.3) is 0 Å². The van der Waals surface area contributed by atoms with E-state index >= 15 is 0 Å². The largest absolute Gasteiger partial charge is 0.507 e. The van der Waals surface area contributed by atoms with Gasteiger partial charge in [0, 0.05) is 23.1 Å². The fraction of sp³-hybridized carbons (Fsp3) is 0.368. The zero-order valence-electron chi connectivity index (χ0n) is 13.2. The van der Waals surface area contributed by atoms with Crippen molar-refractivity contribution in [2.45, 2.75) is 46.0 Å². The van der Waals surface area contributed by atoms with Gasteiger partial charge >= 0.3 is 0 Å². The molecule has 0 radical (unpaired) electrons. The molecule has 0 amide bonds. The van der Waals surface area contributed by atoms with Gasteiger partial charge < -0.3 is 5.11 Å². The van der Waals surface area contributed by atoms with Gasteiger partial charge in [0.1, 0.15) is 5.75 Å². The van der Waals surface area contributed by atoms with E-state index in [0.717, 1.165) is 6.42 Å². The number of hydrogen-bond acceptors (Lipinski definition) is 2. The molecular formula is C19H22O2. The molecule has 0 fully saturated rings. The molecule has 0 aliphatic carbocycles. The van der Waals surface area contributed by atoms with E-state index in [1.807, 2.05) is 27.7 Å². The Labute approximate surface area is 127 Å². The molecule has 2 nitrogen and oxygen atoms in total. The normalized spacial score (nSPS) is 10.3. The first kappa shape index (κ1) is 16.8. The summed E-state index contributed by atoms with van der Waals surface area (Å²) < 4.78 is 0. The van der Waals surface area contributed by atoms with Crippen LogP contribution in [0, 0.1) is 11.8 Å². The maximum Gasteiger partial charge on any atom is 0.235 e. The number of unbranched alkanes of at least 4 members (excludes halogenated alkanes) is 1. The van der Waals surface area contributed by atoms with Crippen molar-refractivity contribution in [3.8, 4) is 17.6 Å². The van der Waals surface area contributed by atoms with Crippen LogP contribution in [0.4, 0.5) is 0 Å². The Kier molecular flexibility index (Phi) is 5.59. The van der Waals surface area contributed by atoms with E-state index in [9.17, 15) is 9.90 Å². The highest BCUT2D eigenvalue weighted by molar-refractivity contribution is 6.09. The quantitative estimate of drug-likeness (QED) is 0.384. The Hall–Kier alpha value is -2.23. The lowest BCUT2D eigenvalue weighted by Gasteiger charge is -2.22. The lowest BCUT2D eigenvalue weighted by atomic mass is 9.83. The van der Waals surface area contributed by atoms with E-state index in [1.165, 1.54) is 0 Å². The third-order valence-electron chi connectivity index (χ3n) is 3.04. The molecule has 0 aliphatic heterocycles. The lowest BCUT2D eigenvalue weighted by Crippen LogP contribution is -2.13. The number of benzene rings is 1. The number of carbonyl (C=O) groups excluding carboxylic acids is 1. The van der Waals surface area contributed by atoms with Crippen molar-refractivity contribution in [1.29, 1.82) is 0 Å². The Morgan fingerprint density at radius 3 is 2.57 bits per heavy atom. The highest BCUT2D eigenvalue weighted by atomic mass is 16.3. The standard InChI is InChI=1S/C19H22O2/c1-6-8-9-11-17(20)15-12-14(10-7-2)18(21)16(13-15)19(3,4)5/h10,12-13,21H,2,6,8H2,1,3-5H3. The first-order chi connectivity index (χ1) is 9.81. The van der Waals surface area contributed by atoms with Crippen LogP contribution in [0.1, 0.15) is 62.0 Å². The van der Waals surface area contributed by atoms with Crippen molar-refractivity contribution in [3.05, 3.63) is 41.1 Å². The van der Waals surface area contributed by atoms with Crippen LogP contribution in [0.3, 0.4) is 0 Å². The van der Waals surface area contributed by atoms with Crippen molar-refractivity contribution in [3.63, 3.8) is 0 Å². The molecule has 0 atom stereocenters. The molecule has 1 aromatic carbocycles. The third-order valence-corrected chi connectivity index (χ3v) is 3.04. The molecule has 0 aromatic heterocycles. The molecule has 0 heterocycles. The lowest BCUT2D eigenvalue weighted by molar-refractivity contribution is 0.105. The van der Waals surface area contributed by atoms with Crippen LogP contribution < -0.4 is 0 Å². The number of phenolic OH excluding ortho intramolecular Hbond substituents is 1. The van der Waals surface area contributed by atoms with Crippen molar-refractivity contribution in [2.75, 3.05) is 0 Å². The molecule has 0 spiro atoms. The predicted molar refractivity (Wildman–Crippen MR) is 87.4 cm³/mol. The van der Waals surface area contributed by atoms with E-state index < -0.39 is 0 Å². The number of carbonyl (C=O) groups is 1. The Morgan fingerprint density at radius 2 is 2.05 bits per heavy atom. The van der Waals surface area contributed by atoms with E-state index in [0.29, 0.717) is 23.1 Å². The van der Waals surface area contributed by atoms with Crippen LogP contribution >= 0.6 is 0 Å². The number of Topliss-reactive ketones (excluding diaryl/α,β-unsaturated/α-hetero) is 1. The number of aromatic hydroxyl groups is 1. The minimum Gasteiger partial charge on any atom is -0.507 e. The molecule has 0 bridgehead atoms. The fourth-order valence-electron chi connectivity index (χ4n) is 1.92. The molecule has 2 heteroatoms. The van der Waals surface area contributed by atoms with Crippen LogP contribution in [0.15, 0.2) is 24.4 Å². The van der Waals surface area contributed by atoms with Gasteiger partial charge in [-0.05, 0) is 36.0 Å². The summed E-state index contributed by atoms with van der Waals surface area (Å²) >= 11 is 0. The average Bonchev–Trinajstić information content (AvgIpc) is 2.40. The van der Waals surface area contributed by atoms with Gasteiger partial charge in [-0.2, -0.15) is 0 Å². The molecule has 110 valence electrons. The van der Waals surface area contributed by atoms with Crippen LogP contribution in [0.2, 0.25) is 0 Å². The van der Waals surface area contributed by atoms with Crippen molar-refractivity contribution in [2.24, 2.45) is 0 Å². The summed E-state index contributed by atoms with van der Waals surface area (Å²) in [5, 5.41) is 10.3. The van der Waals surface area contributed by atoms with Gasteiger partial charge in [0.2, 0.25) is 5.78 Å². The summed E-state index contributed by atoms with van der Waals surface area (Å²) in [5.41, 5.74) is 4.11. The van der Waals surface area contributed by atoms with E-state index in [4.69, 9.17) is 0 Å². The SMILES string of the molecule is C=C=Cc1cc(C(=O)C#CCCC)cc(C(C)(C)C)c1O. The number of hydrogen-bond donors (Lipinski definition) is 1. The van der Waals surface area contributed by atoms with Gasteiger partial charge in [-0.1, -0.05) is 40.2 Å². The maximum atomic E-state index is 12.2. The molecule has 1 N–H and O–H groups in total. The Bertz CT molecular complexity index is 643. The smallest absolute Gasteiger partial charge is 0.235 e. The second-order valence-corrected chi connectivity index (χ2v) is 5.94. The van der Waals surface area contributed by atoms with Crippen LogP contribution in [-0.4, -0.2) is 10.9 Å². The molecule has 0 unspecified atom stereocenters. The molecule has 1 aromatic rings. The van der Waals surface area contributed by atoms with Crippen LogP contribution in [0.25, 0.3) is 6.08 Å². The highest BCUT2D eigenvalue weighted by Gasteiger charge is 2.22. The molecular weight excluding hydrogens is 260 g/mol. The summed E-state index contributed by atoms with van der Waals surface area (Å²) in [7, 11) is 0.